The molecular formula is C69H70BN2. The fourth-order valence-corrected chi connectivity index (χ4v) is 13.4. The van der Waals surface area contributed by atoms with Crippen molar-refractivity contribution in [1.29, 1.82) is 0 Å². The highest BCUT2D eigenvalue weighted by molar-refractivity contribution is 6.73. The van der Waals surface area contributed by atoms with Gasteiger partial charge in [-0.25, -0.2) is 0 Å². The van der Waals surface area contributed by atoms with Gasteiger partial charge >= 0.3 is 0 Å². The molecule has 359 valence electrons. The average molecular weight is 938 g/mol. The third-order valence-corrected chi connectivity index (χ3v) is 18.1. The molecule has 8 aromatic rings. The zero-order chi connectivity index (χ0) is 50.3. The van der Waals surface area contributed by atoms with Gasteiger partial charge in [0.1, 0.15) is 0 Å². The quantitative estimate of drug-likeness (QED) is 0.167. The first-order valence-corrected chi connectivity index (χ1v) is 26.7. The van der Waals surface area contributed by atoms with E-state index in [0.717, 1.165) is 12.1 Å². The summed E-state index contributed by atoms with van der Waals surface area (Å²) in [5.74, 6) is 0. The average Bonchev–Trinajstić information content (AvgIpc) is 3.59. The van der Waals surface area contributed by atoms with Crippen LogP contribution in [-0.4, -0.2) is 7.28 Å². The van der Waals surface area contributed by atoms with Gasteiger partial charge in [0.25, 0.3) is 0 Å². The molecule has 0 bridgehead atoms. The zero-order valence-corrected chi connectivity index (χ0v) is 44.8. The summed E-state index contributed by atoms with van der Waals surface area (Å²) >= 11 is 0. The third kappa shape index (κ3) is 7.27. The molecule has 72 heavy (non-hydrogen) atoms. The monoisotopic (exact) mass is 938 g/mol. The van der Waals surface area contributed by atoms with E-state index in [2.05, 4.69) is 252 Å². The van der Waals surface area contributed by atoms with Crippen molar-refractivity contribution in [2.75, 3.05) is 10.2 Å². The molecule has 0 amide bonds. The predicted octanol–water partition coefficient (Wildman–Crippen LogP) is 17.5. The molecule has 0 saturated heterocycles. The Morgan fingerprint density at radius 2 is 0.931 bits per heavy atom. The Labute approximate surface area is 431 Å². The molecular weight excluding hydrogens is 868 g/mol. The lowest BCUT2D eigenvalue weighted by Crippen LogP contribution is -2.43. The number of benzene rings is 8. The Morgan fingerprint density at radius 1 is 0.403 bits per heavy atom. The fraction of sp³-hybridized carbons (Fsp3) is 0.304. The van der Waals surface area contributed by atoms with Crippen molar-refractivity contribution >= 4 is 46.6 Å². The maximum Gasteiger partial charge on any atom is 0.197 e. The van der Waals surface area contributed by atoms with E-state index < -0.39 is 0 Å². The fourth-order valence-electron chi connectivity index (χ4n) is 13.4. The van der Waals surface area contributed by atoms with Crippen molar-refractivity contribution in [1.82, 2.24) is 0 Å². The molecule has 2 nitrogen and oxygen atoms in total. The minimum atomic E-state index is -0.285. The minimum Gasteiger partial charge on any atom is -0.355 e. The van der Waals surface area contributed by atoms with E-state index in [4.69, 9.17) is 0 Å². The van der Waals surface area contributed by atoms with Crippen LogP contribution in [0.3, 0.4) is 0 Å². The lowest BCUT2D eigenvalue weighted by molar-refractivity contribution is 0.332. The molecule has 0 unspecified atom stereocenters. The van der Waals surface area contributed by atoms with Crippen LogP contribution < -0.4 is 21.1 Å². The summed E-state index contributed by atoms with van der Waals surface area (Å²) in [7, 11) is 2.53. The largest absolute Gasteiger partial charge is 0.355 e. The predicted molar refractivity (Wildman–Crippen MR) is 310 cm³/mol. The van der Waals surface area contributed by atoms with E-state index in [9.17, 15) is 0 Å². The lowest BCUT2D eigenvalue weighted by Gasteiger charge is -2.44. The lowest BCUT2D eigenvalue weighted by atomic mass is 9.56. The Kier molecular flexibility index (Phi) is 10.5. The number of anilines is 5. The number of rotatable bonds is 6. The molecule has 3 heteroatoms. The van der Waals surface area contributed by atoms with Crippen LogP contribution in [0, 0.1) is 13.8 Å². The van der Waals surface area contributed by atoms with Gasteiger partial charge in [-0.2, -0.15) is 0 Å². The zero-order valence-electron chi connectivity index (χ0n) is 44.8. The topological polar surface area (TPSA) is 15.3 Å². The molecule has 0 saturated carbocycles. The number of nitrogens with zero attached hydrogens (tertiary/aromatic N) is 1. The second-order valence-electron chi connectivity index (χ2n) is 25.1. The summed E-state index contributed by atoms with van der Waals surface area (Å²) in [6.45, 7) is 29.2. The molecule has 4 aliphatic rings. The van der Waals surface area contributed by atoms with Gasteiger partial charge < -0.3 is 10.2 Å². The first-order valence-electron chi connectivity index (χ1n) is 26.7. The smallest absolute Gasteiger partial charge is 0.197 e. The van der Waals surface area contributed by atoms with Crippen LogP contribution in [0.15, 0.2) is 152 Å². The molecule has 1 aliphatic heterocycles. The summed E-state index contributed by atoms with van der Waals surface area (Å²) in [4.78, 5) is 2.71. The third-order valence-electron chi connectivity index (χ3n) is 18.1. The number of nitrogens with one attached hydrogen (secondary N) is 1. The van der Waals surface area contributed by atoms with E-state index >= 15 is 0 Å². The van der Waals surface area contributed by atoms with Gasteiger partial charge in [0.15, 0.2) is 7.28 Å². The van der Waals surface area contributed by atoms with Crippen molar-refractivity contribution in [3.63, 3.8) is 0 Å². The van der Waals surface area contributed by atoms with Crippen LogP contribution in [0.5, 0.6) is 0 Å². The Hall–Kier alpha value is -6.58. The number of fused-ring (bicyclic) bond motifs is 8. The van der Waals surface area contributed by atoms with Crippen LogP contribution in [-0.2, 0) is 27.1 Å². The standard InChI is InChI=1S/C69H70BN2/c1-42-35-53-55(67(7,8)33-31-65(53,3)4)40-59(42)71-58-30-28-46(44-21-15-13-16-22-44)37-49(58)51-39-50-48-25-19-20-26-52(48)69(11,12)62(50)64-63(51)70-57-29-27-47(45-23-17-14-18-24-45)38-61(57)72(64)60-41-56-54(36-43(60)2)66(5,6)32-34-68(56,9)10/h13-30,35-41,71H,31-34H2,1-12H3. The van der Waals surface area contributed by atoms with Crippen LogP contribution in [0.25, 0.3) is 44.5 Å². The van der Waals surface area contributed by atoms with E-state index in [-0.39, 0.29) is 27.1 Å². The van der Waals surface area contributed by atoms with Crippen molar-refractivity contribution in [2.24, 2.45) is 0 Å². The molecule has 0 spiro atoms. The maximum absolute atomic E-state index is 4.16. The van der Waals surface area contributed by atoms with Gasteiger partial charge in [0.2, 0.25) is 0 Å². The highest BCUT2D eigenvalue weighted by atomic mass is 15.2. The highest BCUT2D eigenvalue weighted by Crippen LogP contribution is 2.58. The second-order valence-corrected chi connectivity index (χ2v) is 25.1. The van der Waals surface area contributed by atoms with E-state index in [0.29, 0.717) is 0 Å². The SMILES string of the molecule is Cc1cc2c(cc1Nc1ccc(-c3ccccc3)cc1-c1cc3c(c4c1[B]c1ccc(-c5ccccc5)cc1N4c1cc4c(cc1C)C(C)(C)CCC4(C)C)C(C)(C)c1ccccc1-3)C(C)(C)CCC2(C)C. The van der Waals surface area contributed by atoms with Gasteiger partial charge in [-0.05, 0) is 187 Å². The number of aryl methyl sites for hydroxylation is 2. The van der Waals surface area contributed by atoms with E-state index in [1.165, 1.54) is 142 Å². The highest BCUT2D eigenvalue weighted by Gasteiger charge is 2.45. The molecule has 0 fully saturated rings. The van der Waals surface area contributed by atoms with E-state index in [1.807, 2.05) is 0 Å². The van der Waals surface area contributed by atoms with E-state index in [1.54, 1.807) is 0 Å². The van der Waals surface area contributed by atoms with Crippen molar-refractivity contribution < 1.29 is 0 Å². The molecule has 12 rings (SSSR count). The molecule has 1 N–H and O–H groups in total. The van der Waals surface area contributed by atoms with Gasteiger partial charge in [-0.1, -0.05) is 190 Å². The van der Waals surface area contributed by atoms with Crippen LogP contribution in [0.2, 0.25) is 0 Å². The second kappa shape index (κ2) is 16.2. The summed E-state index contributed by atoms with van der Waals surface area (Å²) in [6.07, 6.45) is 4.70. The van der Waals surface area contributed by atoms with Crippen molar-refractivity contribution in [2.45, 2.75) is 136 Å². The van der Waals surface area contributed by atoms with Crippen LogP contribution >= 0.6 is 0 Å². The summed E-state index contributed by atoms with van der Waals surface area (Å²) in [5.41, 5.74) is 29.7. The van der Waals surface area contributed by atoms with Gasteiger partial charge in [0, 0.05) is 39.4 Å². The molecule has 8 aromatic carbocycles. The maximum atomic E-state index is 4.16. The van der Waals surface area contributed by atoms with Crippen molar-refractivity contribution in [3.05, 3.63) is 196 Å². The van der Waals surface area contributed by atoms with Gasteiger partial charge in [-0.3, -0.25) is 0 Å². The summed E-state index contributed by atoms with van der Waals surface area (Å²) < 4.78 is 0. The molecule has 0 atom stereocenters. The Morgan fingerprint density at radius 3 is 1.56 bits per heavy atom. The van der Waals surface area contributed by atoms with Gasteiger partial charge in [-0.15, -0.1) is 0 Å². The normalized spacial score (nSPS) is 17.9. The number of hydrogen-bond donors (Lipinski definition) is 1. The van der Waals surface area contributed by atoms with Gasteiger partial charge in [0.05, 0.1) is 0 Å². The molecule has 1 heterocycles. The first kappa shape index (κ1) is 46.5. The minimum absolute atomic E-state index is 0.0320. The summed E-state index contributed by atoms with van der Waals surface area (Å²) in [6, 6.07) is 58.1. The first-order chi connectivity index (χ1) is 34.2. The summed E-state index contributed by atoms with van der Waals surface area (Å²) in [5, 5.41) is 4.16. The Balaban J connectivity index is 1.17. The number of hydrogen-bond acceptors (Lipinski definition) is 2. The molecule has 1 radical (unpaired) electrons. The Bertz CT molecular complexity index is 3510. The molecule has 3 aliphatic carbocycles. The van der Waals surface area contributed by atoms with Crippen LogP contribution in [0.4, 0.5) is 28.4 Å². The van der Waals surface area contributed by atoms with Crippen molar-refractivity contribution in [3.8, 4) is 44.5 Å². The molecule has 0 aromatic heterocycles. The van der Waals surface area contributed by atoms with Crippen LogP contribution in [0.1, 0.15) is 139 Å².